The fourth-order valence-electron chi connectivity index (χ4n) is 1.06. The van der Waals surface area contributed by atoms with Gasteiger partial charge in [0.2, 0.25) is 0 Å². The SMILES string of the molecule is CC/C(=C\O[Si](C)(C)C)[Se]c1ccccc1. The van der Waals surface area contributed by atoms with Crippen LogP contribution in [-0.4, -0.2) is 23.3 Å². The van der Waals surface area contributed by atoms with Gasteiger partial charge in [-0.1, -0.05) is 0 Å². The molecule has 88 valence electrons. The van der Waals surface area contributed by atoms with Gasteiger partial charge in [0.25, 0.3) is 0 Å². The Morgan fingerprint density at radius 1 is 1.25 bits per heavy atom. The summed E-state index contributed by atoms with van der Waals surface area (Å²) in [5.41, 5.74) is 0. The number of allylic oxidation sites excluding steroid dienone is 1. The Morgan fingerprint density at radius 3 is 2.38 bits per heavy atom. The summed E-state index contributed by atoms with van der Waals surface area (Å²) in [6, 6.07) is 10.6. The van der Waals surface area contributed by atoms with E-state index in [1.807, 2.05) is 6.26 Å². The van der Waals surface area contributed by atoms with Crippen molar-refractivity contribution in [1.29, 1.82) is 0 Å². The van der Waals surface area contributed by atoms with E-state index >= 15 is 0 Å². The van der Waals surface area contributed by atoms with E-state index in [1.165, 1.54) is 8.93 Å². The fourth-order valence-corrected chi connectivity index (χ4v) is 3.50. The number of hydrogen-bond acceptors (Lipinski definition) is 1. The molecular formula is C13H20OSeSi. The summed E-state index contributed by atoms with van der Waals surface area (Å²) in [5, 5.41) is 0. The van der Waals surface area contributed by atoms with Crippen LogP contribution in [0.25, 0.3) is 0 Å². The predicted octanol–water partition coefficient (Wildman–Crippen LogP) is 3.12. The molecule has 0 aliphatic rings. The van der Waals surface area contributed by atoms with Gasteiger partial charge in [0, 0.05) is 0 Å². The minimum atomic E-state index is -1.42. The third-order valence-electron chi connectivity index (χ3n) is 1.88. The molecule has 0 amide bonds. The summed E-state index contributed by atoms with van der Waals surface area (Å²) < 4.78 is 8.70. The van der Waals surface area contributed by atoms with Gasteiger partial charge in [-0.25, -0.2) is 0 Å². The summed E-state index contributed by atoms with van der Waals surface area (Å²) in [6.07, 6.45) is 3.10. The van der Waals surface area contributed by atoms with Crippen LogP contribution in [0, 0.1) is 0 Å². The molecule has 0 radical (unpaired) electrons. The molecule has 1 aromatic rings. The van der Waals surface area contributed by atoms with Crippen molar-refractivity contribution < 1.29 is 4.43 Å². The van der Waals surface area contributed by atoms with Crippen molar-refractivity contribution in [3.63, 3.8) is 0 Å². The first-order chi connectivity index (χ1) is 7.51. The van der Waals surface area contributed by atoms with Gasteiger partial charge >= 0.3 is 106 Å². The van der Waals surface area contributed by atoms with Crippen LogP contribution in [0.4, 0.5) is 0 Å². The van der Waals surface area contributed by atoms with Gasteiger partial charge in [-0.2, -0.15) is 0 Å². The molecule has 0 saturated heterocycles. The quantitative estimate of drug-likeness (QED) is 0.599. The summed E-state index contributed by atoms with van der Waals surface area (Å²) in [5.74, 6) is 0. The molecule has 0 aliphatic heterocycles. The van der Waals surface area contributed by atoms with Gasteiger partial charge in [0.05, 0.1) is 0 Å². The molecule has 0 fully saturated rings. The zero-order chi connectivity index (χ0) is 12.0. The molecule has 1 rings (SSSR count). The summed E-state index contributed by atoms with van der Waals surface area (Å²) in [4.78, 5) is 0. The first kappa shape index (κ1) is 13.6. The van der Waals surface area contributed by atoms with Crippen LogP contribution in [0.5, 0.6) is 0 Å². The van der Waals surface area contributed by atoms with Crippen LogP contribution in [0.3, 0.4) is 0 Å². The number of benzene rings is 1. The molecule has 0 unspecified atom stereocenters. The van der Waals surface area contributed by atoms with E-state index in [1.54, 1.807) is 0 Å². The van der Waals surface area contributed by atoms with E-state index in [4.69, 9.17) is 4.43 Å². The Balaban J connectivity index is 2.62. The van der Waals surface area contributed by atoms with Crippen molar-refractivity contribution in [2.45, 2.75) is 33.0 Å². The molecule has 0 spiro atoms. The third kappa shape index (κ3) is 5.54. The molecule has 0 aliphatic carbocycles. The van der Waals surface area contributed by atoms with Crippen LogP contribution in [0.15, 0.2) is 41.1 Å². The third-order valence-corrected chi connectivity index (χ3v) is 5.13. The molecule has 0 bridgehead atoms. The molecule has 1 aromatic carbocycles. The van der Waals surface area contributed by atoms with Crippen LogP contribution < -0.4 is 4.46 Å². The van der Waals surface area contributed by atoms with Gasteiger partial charge < -0.3 is 0 Å². The van der Waals surface area contributed by atoms with Crippen LogP contribution in [0.1, 0.15) is 13.3 Å². The summed E-state index contributed by atoms with van der Waals surface area (Å²) >= 11 is 0.412. The maximum absolute atomic E-state index is 5.85. The fraction of sp³-hybridized carbons (Fsp3) is 0.385. The van der Waals surface area contributed by atoms with Crippen LogP contribution >= 0.6 is 0 Å². The Bertz CT molecular complexity index is 341. The first-order valence-electron chi connectivity index (χ1n) is 5.61. The van der Waals surface area contributed by atoms with Gasteiger partial charge in [-0.3, -0.25) is 0 Å². The second-order valence-electron chi connectivity index (χ2n) is 4.58. The zero-order valence-corrected chi connectivity index (χ0v) is 13.2. The van der Waals surface area contributed by atoms with Gasteiger partial charge in [0.1, 0.15) is 0 Å². The van der Waals surface area contributed by atoms with Crippen LogP contribution in [-0.2, 0) is 4.43 Å². The molecule has 0 N–H and O–H groups in total. The van der Waals surface area contributed by atoms with Crippen molar-refractivity contribution >= 4 is 27.7 Å². The molecule has 0 saturated carbocycles. The topological polar surface area (TPSA) is 9.23 Å². The van der Waals surface area contributed by atoms with Crippen molar-refractivity contribution in [3.05, 3.63) is 41.1 Å². The van der Waals surface area contributed by atoms with Gasteiger partial charge in [0.15, 0.2) is 0 Å². The predicted molar refractivity (Wildman–Crippen MR) is 74.6 cm³/mol. The van der Waals surface area contributed by atoms with E-state index < -0.39 is 8.32 Å². The standard InChI is InChI=1S/C13H20OSeSi/c1-5-12(11-14-16(2,3)4)15-13-9-7-6-8-10-13/h6-11H,5H2,1-4H3/b12-11+. The maximum atomic E-state index is 5.85. The molecule has 0 aromatic heterocycles. The van der Waals surface area contributed by atoms with E-state index in [-0.39, 0.29) is 0 Å². The normalized spacial score (nSPS) is 12.6. The molecule has 1 nitrogen and oxygen atoms in total. The Morgan fingerprint density at radius 2 is 1.88 bits per heavy atom. The second kappa shape index (κ2) is 6.29. The molecule has 16 heavy (non-hydrogen) atoms. The zero-order valence-electron chi connectivity index (χ0n) is 10.5. The van der Waals surface area contributed by atoms with Gasteiger partial charge in [-0.05, 0) is 0 Å². The second-order valence-corrected chi connectivity index (χ2v) is 11.6. The van der Waals surface area contributed by atoms with Crippen LogP contribution in [0.2, 0.25) is 19.6 Å². The number of hydrogen-bond donors (Lipinski definition) is 0. The van der Waals surface area contributed by atoms with E-state index in [0.29, 0.717) is 15.0 Å². The van der Waals surface area contributed by atoms with Crippen molar-refractivity contribution in [1.82, 2.24) is 0 Å². The van der Waals surface area contributed by atoms with Crippen molar-refractivity contribution in [2.24, 2.45) is 0 Å². The Kier molecular flexibility index (Phi) is 5.33. The molecule has 0 heterocycles. The minimum absolute atomic E-state index is 0.412. The van der Waals surface area contributed by atoms with Crippen molar-refractivity contribution in [3.8, 4) is 0 Å². The van der Waals surface area contributed by atoms with Gasteiger partial charge in [-0.15, -0.1) is 0 Å². The first-order valence-corrected chi connectivity index (χ1v) is 10.7. The van der Waals surface area contributed by atoms with E-state index in [2.05, 4.69) is 56.9 Å². The monoisotopic (exact) mass is 300 g/mol. The Labute approximate surface area is 106 Å². The summed E-state index contributed by atoms with van der Waals surface area (Å²) in [6.45, 7) is 8.84. The molecule has 0 atom stereocenters. The Hall–Kier alpha value is -0.504. The molecular weight excluding hydrogens is 279 g/mol. The van der Waals surface area contributed by atoms with E-state index in [9.17, 15) is 0 Å². The average Bonchev–Trinajstić information content (AvgIpc) is 2.24. The average molecular weight is 299 g/mol. The van der Waals surface area contributed by atoms with Crippen molar-refractivity contribution in [2.75, 3.05) is 0 Å². The molecule has 3 heteroatoms. The summed E-state index contributed by atoms with van der Waals surface area (Å²) in [7, 11) is -1.42. The number of rotatable bonds is 5. The van der Waals surface area contributed by atoms with E-state index in [0.717, 1.165) is 6.42 Å².